The molecule has 15 heavy (non-hydrogen) atoms. The summed E-state index contributed by atoms with van der Waals surface area (Å²) in [5, 5.41) is 0. The number of halogens is 2. The molecule has 1 unspecified atom stereocenters. The van der Waals surface area contributed by atoms with Gasteiger partial charge in [0.2, 0.25) is 0 Å². The summed E-state index contributed by atoms with van der Waals surface area (Å²) in [5.74, 6) is 0. The fourth-order valence-electron chi connectivity index (χ4n) is 0.987. The zero-order chi connectivity index (χ0) is 11.5. The van der Waals surface area contributed by atoms with Gasteiger partial charge < -0.3 is 4.74 Å². The van der Waals surface area contributed by atoms with E-state index in [1.54, 1.807) is 30.5 Å². The van der Waals surface area contributed by atoms with Crippen LogP contribution in [-0.2, 0) is 22.1 Å². The molecule has 0 saturated carbocycles. The first-order valence-corrected chi connectivity index (χ1v) is 5.88. The molecule has 0 radical (unpaired) electrons. The molecule has 0 aliphatic heterocycles. The van der Waals surface area contributed by atoms with Crippen molar-refractivity contribution in [2.24, 2.45) is 0 Å². The van der Waals surface area contributed by atoms with E-state index < -0.39 is 16.9 Å². The first kappa shape index (κ1) is 12.3. The molecular weight excluding hydrogens is 222 g/mol. The minimum atomic E-state index is -3.12. The second kappa shape index (κ2) is 4.81. The Morgan fingerprint density at radius 1 is 1.33 bits per heavy atom. The standard InChI is InChI=1S/C10H12F2O2S/c1-10(11,12)14-7-8-3-5-9(6-4-8)15(2)13/h3-6H,7H2,1-2H3. The average Bonchev–Trinajstić information content (AvgIpc) is 2.14. The third-order valence-corrected chi connectivity index (χ3v) is 2.68. The number of hydrogen-bond acceptors (Lipinski definition) is 2. The molecule has 0 bridgehead atoms. The second-order valence-corrected chi connectivity index (χ2v) is 4.57. The molecule has 0 aliphatic carbocycles. The molecule has 0 heterocycles. The Hall–Kier alpha value is -0.810. The minimum Gasteiger partial charge on any atom is -0.316 e. The fourth-order valence-corrected chi connectivity index (χ4v) is 1.51. The highest BCUT2D eigenvalue weighted by atomic mass is 32.2. The largest absolute Gasteiger partial charge is 0.353 e. The van der Waals surface area contributed by atoms with Crippen molar-refractivity contribution >= 4 is 10.8 Å². The SMILES string of the molecule is CS(=O)c1ccc(COC(C)(F)F)cc1. The smallest absolute Gasteiger partial charge is 0.316 e. The quantitative estimate of drug-likeness (QED) is 0.800. The average molecular weight is 234 g/mol. The highest BCUT2D eigenvalue weighted by Gasteiger charge is 2.21. The molecule has 5 heteroatoms. The number of rotatable bonds is 4. The molecule has 1 aromatic carbocycles. The number of hydrogen-bond donors (Lipinski definition) is 0. The summed E-state index contributed by atoms with van der Waals surface area (Å²) in [6.45, 7) is 0.544. The predicted molar refractivity (Wildman–Crippen MR) is 54.2 cm³/mol. The van der Waals surface area contributed by atoms with E-state index in [-0.39, 0.29) is 6.61 Å². The summed E-state index contributed by atoms with van der Waals surface area (Å²) in [7, 11) is -1.05. The van der Waals surface area contributed by atoms with Crippen molar-refractivity contribution < 1.29 is 17.7 Å². The van der Waals surface area contributed by atoms with Gasteiger partial charge >= 0.3 is 6.11 Å². The van der Waals surface area contributed by atoms with Crippen LogP contribution in [0.2, 0.25) is 0 Å². The Kier molecular flexibility index (Phi) is 3.93. The first-order valence-electron chi connectivity index (χ1n) is 4.32. The zero-order valence-corrected chi connectivity index (χ0v) is 9.31. The molecule has 1 aromatic rings. The number of ether oxygens (including phenoxy) is 1. The van der Waals surface area contributed by atoms with E-state index in [2.05, 4.69) is 4.74 Å². The van der Waals surface area contributed by atoms with Crippen molar-refractivity contribution in [2.75, 3.05) is 6.26 Å². The maximum absolute atomic E-state index is 12.3. The predicted octanol–water partition coefficient (Wildman–Crippen LogP) is 2.55. The van der Waals surface area contributed by atoms with Crippen LogP contribution in [0.3, 0.4) is 0 Å². The van der Waals surface area contributed by atoms with Gasteiger partial charge in [-0.1, -0.05) is 12.1 Å². The van der Waals surface area contributed by atoms with E-state index in [1.807, 2.05) is 0 Å². The zero-order valence-electron chi connectivity index (χ0n) is 8.50. The summed E-state index contributed by atoms with van der Waals surface area (Å²) in [6, 6.07) is 6.54. The van der Waals surface area contributed by atoms with E-state index in [4.69, 9.17) is 0 Å². The molecule has 0 N–H and O–H groups in total. The summed E-state index contributed by atoms with van der Waals surface area (Å²) in [6.07, 6.45) is -1.56. The van der Waals surface area contributed by atoms with E-state index in [0.29, 0.717) is 17.4 Å². The molecule has 2 nitrogen and oxygen atoms in total. The number of alkyl halides is 2. The van der Waals surface area contributed by atoms with Crippen LogP contribution in [0.5, 0.6) is 0 Å². The molecule has 0 saturated heterocycles. The van der Waals surface area contributed by atoms with Crippen LogP contribution < -0.4 is 0 Å². The van der Waals surface area contributed by atoms with Gasteiger partial charge in [0.15, 0.2) is 0 Å². The van der Waals surface area contributed by atoms with Crippen molar-refractivity contribution in [3.63, 3.8) is 0 Å². The Morgan fingerprint density at radius 3 is 2.27 bits per heavy atom. The van der Waals surface area contributed by atoms with Crippen LogP contribution in [0.4, 0.5) is 8.78 Å². The van der Waals surface area contributed by atoms with Crippen molar-refractivity contribution in [1.29, 1.82) is 0 Å². The topological polar surface area (TPSA) is 26.3 Å². The Balaban J connectivity index is 2.61. The Morgan fingerprint density at radius 2 is 1.87 bits per heavy atom. The third kappa shape index (κ3) is 4.48. The van der Waals surface area contributed by atoms with Gasteiger partial charge in [-0.3, -0.25) is 4.21 Å². The van der Waals surface area contributed by atoms with Gasteiger partial charge in [0, 0.05) is 28.9 Å². The maximum atomic E-state index is 12.3. The third-order valence-electron chi connectivity index (χ3n) is 1.75. The van der Waals surface area contributed by atoms with Crippen LogP contribution in [0.25, 0.3) is 0 Å². The van der Waals surface area contributed by atoms with Gasteiger partial charge in [0.1, 0.15) is 0 Å². The normalized spacial score (nSPS) is 13.9. The van der Waals surface area contributed by atoms with Crippen molar-refractivity contribution in [2.45, 2.75) is 24.5 Å². The Labute approximate surface area is 89.7 Å². The van der Waals surface area contributed by atoms with Crippen LogP contribution in [-0.4, -0.2) is 16.6 Å². The second-order valence-electron chi connectivity index (χ2n) is 3.19. The highest BCUT2D eigenvalue weighted by molar-refractivity contribution is 7.84. The summed E-state index contributed by atoms with van der Waals surface area (Å²) in [4.78, 5) is 0.669. The summed E-state index contributed by atoms with van der Waals surface area (Å²) < 4.78 is 40.0. The monoisotopic (exact) mass is 234 g/mol. The highest BCUT2D eigenvalue weighted by Crippen LogP contribution is 2.16. The molecule has 0 amide bonds. The van der Waals surface area contributed by atoms with E-state index in [0.717, 1.165) is 0 Å². The fraction of sp³-hybridized carbons (Fsp3) is 0.400. The lowest BCUT2D eigenvalue weighted by Crippen LogP contribution is -2.14. The molecule has 1 rings (SSSR count). The van der Waals surface area contributed by atoms with Gasteiger partial charge in [-0.15, -0.1) is 0 Å². The van der Waals surface area contributed by atoms with E-state index >= 15 is 0 Å². The van der Waals surface area contributed by atoms with Crippen LogP contribution in [0.15, 0.2) is 29.2 Å². The van der Waals surface area contributed by atoms with E-state index in [1.165, 1.54) is 0 Å². The lowest BCUT2D eigenvalue weighted by atomic mass is 10.2. The van der Waals surface area contributed by atoms with Crippen molar-refractivity contribution in [3.05, 3.63) is 29.8 Å². The van der Waals surface area contributed by atoms with Crippen LogP contribution in [0, 0.1) is 0 Å². The van der Waals surface area contributed by atoms with Crippen molar-refractivity contribution in [1.82, 2.24) is 0 Å². The van der Waals surface area contributed by atoms with Gasteiger partial charge in [0.25, 0.3) is 0 Å². The van der Waals surface area contributed by atoms with Gasteiger partial charge in [-0.05, 0) is 17.7 Å². The molecule has 0 spiro atoms. The first-order chi connectivity index (χ1) is 6.88. The van der Waals surface area contributed by atoms with Gasteiger partial charge in [-0.2, -0.15) is 8.78 Å². The van der Waals surface area contributed by atoms with Gasteiger partial charge in [0.05, 0.1) is 6.61 Å². The van der Waals surface area contributed by atoms with Crippen molar-refractivity contribution in [3.8, 4) is 0 Å². The number of benzene rings is 1. The van der Waals surface area contributed by atoms with Gasteiger partial charge in [-0.25, -0.2) is 0 Å². The molecule has 0 fully saturated rings. The lowest BCUT2D eigenvalue weighted by Gasteiger charge is -2.11. The molecule has 84 valence electrons. The van der Waals surface area contributed by atoms with Crippen LogP contribution >= 0.6 is 0 Å². The molecule has 0 aliphatic rings. The molecule has 0 aromatic heterocycles. The maximum Gasteiger partial charge on any atom is 0.353 e. The minimum absolute atomic E-state index is 0.153. The van der Waals surface area contributed by atoms with Crippen LogP contribution in [0.1, 0.15) is 12.5 Å². The molecule has 1 atom stereocenters. The molecular formula is C10H12F2O2S. The summed E-state index contributed by atoms with van der Waals surface area (Å²) >= 11 is 0. The Bertz CT molecular complexity index is 343. The van der Waals surface area contributed by atoms with E-state index in [9.17, 15) is 13.0 Å². The summed E-state index contributed by atoms with van der Waals surface area (Å²) in [5.41, 5.74) is 0.630. The lowest BCUT2D eigenvalue weighted by molar-refractivity contribution is -0.231.